The predicted molar refractivity (Wildman–Crippen MR) is 68.0 cm³/mol. The van der Waals surface area contributed by atoms with E-state index in [1.165, 1.54) is 17.0 Å². The number of pyridine rings is 1. The van der Waals surface area contributed by atoms with Gasteiger partial charge in [-0.15, -0.1) is 5.10 Å². The van der Waals surface area contributed by atoms with Crippen molar-refractivity contribution in [3.05, 3.63) is 43.1 Å². The van der Waals surface area contributed by atoms with Crippen molar-refractivity contribution in [1.29, 1.82) is 0 Å². The fourth-order valence-corrected chi connectivity index (χ4v) is 2.30. The van der Waals surface area contributed by atoms with Crippen molar-refractivity contribution in [3.63, 3.8) is 0 Å². The van der Waals surface area contributed by atoms with E-state index in [0.29, 0.717) is 11.5 Å². The zero-order chi connectivity index (χ0) is 14.2. The lowest BCUT2D eigenvalue weighted by atomic mass is 10.2. The minimum absolute atomic E-state index is 0.490. The summed E-state index contributed by atoms with van der Waals surface area (Å²) >= 11 is 0. The number of fused-ring (bicyclic) bond motifs is 1. The van der Waals surface area contributed by atoms with Crippen LogP contribution in [0.1, 0.15) is 0 Å². The van der Waals surface area contributed by atoms with Crippen molar-refractivity contribution in [3.8, 4) is 11.4 Å². The minimum Gasteiger partial charge on any atom is -0.281 e. The van der Waals surface area contributed by atoms with Crippen LogP contribution in [0.25, 0.3) is 17.0 Å². The Morgan fingerprint density at radius 2 is 2.05 bits per heavy atom. The summed E-state index contributed by atoms with van der Waals surface area (Å²) < 4.78 is 33.3. The molecule has 8 nitrogen and oxygen atoms in total. The SMILES string of the molecule is O=S(=O)(O)C[n+]1ccc(-c2nc3cnccn3n2)cc1. The lowest BCUT2D eigenvalue weighted by Gasteiger charge is -1.95. The average Bonchev–Trinajstić information content (AvgIpc) is 2.81. The van der Waals surface area contributed by atoms with Gasteiger partial charge < -0.3 is 0 Å². The van der Waals surface area contributed by atoms with E-state index in [2.05, 4.69) is 15.1 Å². The van der Waals surface area contributed by atoms with Gasteiger partial charge in [-0.25, -0.2) is 9.50 Å². The molecule has 0 aliphatic rings. The van der Waals surface area contributed by atoms with Crippen molar-refractivity contribution in [2.45, 2.75) is 5.88 Å². The van der Waals surface area contributed by atoms with Gasteiger partial charge in [0.2, 0.25) is 0 Å². The van der Waals surface area contributed by atoms with Crippen LogP contribution >= 0.6 is 0 Å². The molecule has 3 rings (SSSR count). The van der Waals surface area contributed by atoms with Crippen molar-refractivity contribution in [1.82, 2.24) is 19.6 Å². The number of hydrogen-bond acceptors (Lipinski definition) is 5. The van der Waals surface area contributed by atoms with Crippen LogP contribution in [0.3, 0.4) is 0 Å². The third-order valence-electron chi connectivity index (χ3n) is 2.60. The van der Waals surface area contributed by atoms with E-state index < -0.39 is 16.0 Å². The first-order valence-corrected chi connectivity index (χ1v) is 7.23. The molecule has 0 spiro atoms. The first-order chi connectivity index (χ1) is 9.51. The van der Waals surface area contributed by atoms with Gasteiger partial charge in [0.25, 0.3) is 5.88 Å². The van der Waals surface area contributed by atoms with Gasteiger partial charge in [0.1, 0.15) is 0 Å². The normalized spacial score (nSPS) is 11.8. The van der Waals surface area contributed by atoms with Gasteiger partial charge >= 0.3 is 10.1 Å². The molecule has 0 fully saturated rings. The van der Waals surface area contributed by atoms with E-state index >= 15 is 0 Å². The van der Waals surface area contributed by atoms with Crippen LogP contribution in [-0.4, -0.2) is 32.6 Å². The molecule has 0 aliphatic carbocycles. The molecule has 3 aromatic heterocycles. The molecular formula is C11H10N5O3S+. The van der Waals surface area contributed by atoms with E-state index in [0.717, 1.165) is 5.56 Å². The number of nitrogens with zero attached hydrogens (tertiary/aromatic N) is 5. The molecule has 3 heterocycles. The highest BCUT2D eigenvalue weighted by Gasteiger charge is 2.13. The molecule has 1 N–H and O–H groups in total. The number of rotatable bonds is 3. The summed E-state index contributed by atoms with van der Waals surface area (Å²) in [4.78, 5) is 8.25. The Kier molecular flexibility index (Phi) is 2.92. The van der Waals surface area contributed by atoms with Gasteiger partial charge in [0, 0.05) is 30.1 Å². The second-order valence-corrected chi connectivity index (χ2v) is 5.55. The third-order valence-corrected chi connectivity index (χ3v) is 3.23. The molecule has 0 atom stereocenters. The van der Waals surface area contributed by atoms with Gasteiger partial charge in [-0.05, 0) is 0 Å². The Hall–Kier alpha value is -2.39. The summed E-state index contributed by atoms with van der Waals surface area (Å²) in [6, 6.07) is 3.35. The van der Waals surface area contributed by atoms with Gasteiger partial charge in [-0.3, -0.25) is 9.54 Å². The fraction of sp³-hybridized carbons (Fsp3) is 0.0909. The molecular weight excluding hydrogens is 282 g/mol. The molecule has 0 unspecified atom stereocenters. The van der Waals surface area contributed by atoms with Crippen LogP contribution < -0.4 is 4.57 Å². The van der Waals surface area contributed by atoms with Crippen molar-refractivity contribution in [2.75, 3.05) is 0 Å². The Balaban J connectivity index is 1.94. The number of aromatic nitrogens is 5. The van der Waals surface area contributed by atoms with Gasteiger partial charge in [-0.2, -0.15) is 13.0 Å². The molecule has 0 saturated carbocycles. The van der Waals surface area contributed by atoms with Crippen LogP contribution in [-0.2, 0) is 16.0 Å². The second-order valence-electron chi connectivity index (χ2n) is 4.13. The Morgan fingerprint density at radius 1 is 1.30 bits per heavy atom. The summed E-state index contributed by atoms with van der Waals surface area (Å²) in [5.74, 6) is 0.0208. The fourth-order valence-electron chi connectivity index (χ4n) is 1.75. The van der Waals surface area contributed by atoms with Gasteiger partial charge in [0.05, 0.1) is 6.20 Å². The van der Waals surface area contributed by atoms with Gasteiger partial charge in [0.15, 0.2) is 23.9 Å². The van der Waals surface area contributed by atoms with E-state index in [-0.39, 0.29) is 0 Å². The number of hydrogen-bond donors (Lipinski definition) is 1. The highest BCUT2D eigenvalue weighted by molar-refractivity contribution is 7.84. The molecule has 0 bridgehead atoms. The van der Waals surface area contributed by atoms with Crippen LogP contribution in [0.2, 0.25) is 0 Å². The molecule has 102 valence electrons. The zero-order valence-electron chi connectivity index (χ0n) is 10.2. The van der Waals surface area contributed by atoms with Crippen molar-refractivity contribution < 1.29 is 17.5 Å². The maximum atomic E-state index is 10.8. The van der Waals surface area contributed by atoms with Crippen LogP contribution in [0, 0.1) is 0 Å². The smallest absolute Gasteiger partial charge is 0.281 e. The predicted octanol–water partition coefficient (Wildman–Crippen LogP) is -0.0759. The monoisotopic (exact) mass is 292 g/mol. The first kappa shape index (κ1) is 12.6. The van der Waals surface area contributed by atoms with Crippen molar-refractivity contribution in [2.24, 2.45) is 0 Å². The molecule has 20 heavy (non-hydrogen) atoms. The van der Waals surface area contributed by atoms with E-state index in [1.54, 1.807) is 35.2 Å². The zero-order valence-corrected chi connectivity index (χ0v) is 11.0. The van der Waals surface area contributed by atoms with Crippen LogP contribution in [0.5, 0.6) is 0 Å². The van der Waals surface area contributed by atoms with Crippen LogP contribution in [0.15, 0.2) is 43.1 Å². The lowest BCUT2D eigenvalue weighted by molar-refractivity contribution is -0.678. The Labute approximate surface area is 114 Å². The molecule has 0 aliphatic heterocycles. The summed E-state index contributed by atoms with van der Waals surface area (Å²) in [5.41, 5.74) is 1.36. The Bertz CT molecular complexity index is 824. The summed E-state index contributed by atoms with van der Waals surface area (Å²) in [5, 5.41) is 4.28. The molecule has 0 aromatic carbocycles. The van der Waals surface area contributed by atoms with E-state index in [1.807, 2.05) is 0 Å². The highest BCUT2D eigenvalue weighted by Crippen LogP contribution is 2.13. The second kappa shape index (κ2) is 4.62. The average molecular weight is 292 g/mol. The lowest BCUT2D eigenvalue weighted by Crippen LogP contribution is -2.36. The van der Waals surface area contributed by atoms with E-state index in [9.17, 15) is 8.42 Å². The molecule has 9 heteroatoms. The Morgan fingerprint density at radius 3 is 2.70 bits per heavy atom. The first-order valence-electron chi connectivity index (χ1n) is 5.62. The quantitative estimate of drug-likeness (QED) is 0.535. The molecule has 0 saturated heterocycles. The maximum absolute atomic E-state index is 10.8. The maximum Gasteiger partial charge on any atom is 0.326 e. The van der Waals surface area contributed by atoms with Gasteiger partial charge in [-0.1, -0.05) is 0 Å². The summed E-state index contributed by atoms with van der Waals surface area (Å²) in [6.07, 6.45) is 7.96. The van der Waals surface area contributed by atoms with Crippen LogP contribution in [0.4, 0.5) is 0 Å². The third kappa shape index (κ3) is 2.63. The topological polar surface area (TPSA) is 101 Å². The molecule has 0 amide bonds. The molecule has 0 radical (unpaired) electrons. The summed E-state index contributed by atoms with van der Waals surface area (Å²) in [6.45, 7) is 0. The highest BCUT2D eigenvalue weighted by atomic mass is 32.2. The minimum atomic E-state index is -4.06. The largest absolute Gasteiger partial charge is 0.326 e. The molecule has 3 aromatic rings. The van der Waals surface area contributed by atoms with E-state index in [4.69, 9.17) is 4.55 Å². The summed E-state index contributed by atoms with van der Waals surface area (Å²) in [7, 11) is -4.06. The van der Waals surface area contributed by atoms with Crippen molar-refractivity contribution >= 4 is 15.8 Å². The standard InChI is InChI=1S/C11H9N5O3S/c17-20(18,19)8-15-4-1-9(2-5-15)11-13-10-7-12-3-6-16(10)14-11/h1-7H,8H2/p+1.